The van der Waals surface area contributed by atoms with E-state index in [0.717, 1.165) is 85.0 Å². The maximum Gasteiger partial charge on any atom is 0.234 e. The van der Waals surface area contributed by atoms with Crippen molar-refractivity contribution in [2.45, 2.75) is 53.4 Å². The Morgan fingerprint density at radius 3 is 1.61 bits per heavy atom. The first-order chi connectivity index (χ1) is 15.1. The van der Waals surface area contributed by atoms with Gasteiger partial charge in [-0.2, -0.15) is 0 Å². The van der Waals surface area contributed by atoms with Gasteiger partial charge in [-0.15, -0.1) is 0 Å². The molecule has 1 N–H and O–H groups in total. The zero-order valence-electron chi connectivity index (χ0n) is 21.0. The maximum atomic E-state index is 12.5. The van der Waals surface area contributed by atoms with Gasteiger partial charge in [0.05, 0.1) is 13.2 Å². The van der Waals surface area contributed by atoms with Crippen molar-refractivity contribution in [2.24, 2.45) is 0 Å². The highest BCUT2D eigenvalue weighted by Crippen LogP contribution is 2.01. The van der Waals surface area contributed by atoms with Gasteiger partial charge in [0, 0.05) is 65.5 Å². The Balaban J connectivity index is 2.42. The second-order valence-electron chi connectivity index (χ2n) is 8.60. The topological polar surface area (TPSA) is 51.3 Å². The first-order valence-electron chi connectivity index (χ1n) is 12.9. The van der Waals surface area contributed by atoms with Crippen LogP contribution >= 0.6 is 0 Å². The minimum absolute atomic E-state index is 0.116. The van der Waals surface area contributed by atoms with Gasteiger partial charge < -0.3 is 24.8 Å². The highest BCUT2D eigenvalue weighted by atomic mass is 16.5. The fourth-order valence-corrected chi connectivity index (χ4v) is 3.94. The molecule has 7 nitrogen and oxygen atoms in total. The van der Waals surface area contributed by atoms with Crippen LogP contribution in [0, 0.1) is 0 Å². The van der Waals surface area contributed by atoms with Gasteiger partial charge in [-0.3, -0.25) is 9.69 Å². The average Bonchev–Trinajstić information content (AvgIpc) is 2.77. The molecular formula is C24H51N5O2. The van der Waals surface area contributed by atoms with E-state index in [0.29, 0.717) is 19.7 Å². The standard InChI is InChI=1S/C24H51N5O2/c1-5-9-10-11-21-31-22-12-25-24(30)23-29-19-17-27(7-3)15-13-26(6-2)14-16-28(8-4)18-20-29/h5-23H2,1-4H3,(H,25,30). The predicted molar refractivity (Wildman–Crippen MR) is 131 cm³/mol. The van der Waals surface area contributed by atoms with Gasteiger partial charge in [0.25, 0.3) is 0 Å². The van der Waals surface area contributed by atoms with Gasteiger partial charge in [0.15, 0.2) is 0 Å². The van der Waals surface area contributed by atoms with E-state index in [1.165, 1.54) is 19.3 Å². The highest BCUT2D eigenvalue weighted by Gasteiger charge is 2.16. The van der Waals surface area contributed by atoms with Crippen molar-refractivity contribution in [1.29, 1.82) is 0 Å². The summed E-state index contributed by atoms with van der Waals surface area (Å²) in [6.45, 7) is 23.1. The molecule has 0 aromatic carbocycles. The smallest absolute Gasteiger partial charge is 0.234 e. The summed E-state index contributed by atoms with van der Waals surface area (Å²) in [6, 6.07) is 0. The van der Waals surface area contributed by atoms with Crippen LogP contribution in [0.4, 0.5) is 0 Å². The fourth-order valence-electron chi connectivity index (χ4n) is 3.94. The van der Waals surface area contributed by atoms with Crippen LogP contribution in [-0.4, -0.2) is 124 Å². The number of amides is 1. The number of nitrogens with zero attached hydrogens (tertiary/aromatic N) is 4. The van der Waals surface area contributed by atoms with Crippen LogP contribution in [0.3, 0.4) is 0 Å². The Labute approximate surface area is 192 Å². The molecule has 184 valence electrons. The molecule has 1 fully saturated rings. The van der Waals surface area contributed by atoms with Crippen LogP contribution in [0.15, 0.2) is 0 Å². The zero-order valence-corrected chi connectivity index (χ0v) is 21.0. The van der Waals surface area contributed by atoms with Crippen molar-refractivity contribution in [1.82, 2.24) is 24.9 Å². The summed E-state index contributed by atoms with van der Waals surface area (Å²) in [5, 5.41) is 3.04. The molecule has 0 spiro atoms. The number of rotatable bonds is 13. The lowest BCUT2D eigenvalue weighted by Crippen LogP contribution is -2.48. The van der Waals surface area contributed by atoms with Crippen molar-refractivity contribution in [2.75, 3.05) is 98.3 Å². The Bertz CT molecular complexity index is 418. The van der Waals surface area contributed by atoms with Gasteiger partial charge in [-0.25, -0.2) is 0 Å². The third kappa shape index (κ3) is 14.1. The molecule has 0 aromatic heterocycles. The van der Waals surface area contributed by atoms with E-state index in [-0.39, 0.29) is 5.91 Å². The summed E-state index contributed by atoms with van der Waals surface area (Å²) < 4.78 is 5.64. The molecule has 0 unspecified atom stereocenters. The van der Waals surface area contributed by atoms with Crippen LogP contribution in [0.1, 0.15) is 53.4 Å². The summed E-state index contributed by atoms with van der Waals surface area (Å²) in [5.74, 6) is 0.116. The fraction of sp³-hybridized carbons (Fsp3) is 0.958. The number of carbonyl (C=O) groups excluding carboxylic acids is 1. The van der Waals surface area contributed by atoms with Crippen molar-refractivity contribution < 1.29 is 9.53 Å². The van der Waals surface area contributed by atoms with Gasteiger partial charge in [0.2, 0.25) is 5.91 Å². The first kappa shape index (κ1) is 28.3. The Morgan fingerprint density at radius 2 is 1.16 bits per heavy atom. The largest absolute Gasteiger partial charge is 0.380 e. The van der Waals surface area contributed by atoms with E-state index in [4.69, 9.17) is 4.74 Å². The number of nitrogens with one attached hydrogen (secondary N) is 1. The molecule has 1 aliphatic rings. The third-order valence-electron chi connectivity index (χ3n) is 6.35. The summed E-state index contributed by atoms with van der Waals surface area (Å²) in [7, 11) is 0. The molecule has 0 aliphatic carbocycles. The molecule has 1 amide bonds. The van der Waals surface area contributed by atoms with Gasteiger partial charge in [-0.05, 0) is 26.1 Å². The van der Waals surface area contributed by atoms with Crippen molar-refractivity contribution in [3.8, 4) is 0 Å². The van der Waals surface area contributed by atoms with E-state index in [9.17, 15) is 4.79 Å². The van der Waals surface area contributed by atoms with E-state index in [1.54, 1.807) is 0 Å². The number of unbranched alkanes of at least 4 members (excludes halogenated alkanes) is 3. The Hall–Kier alpha value is -0.730. The molecule has 1 saturated heterocycles. The van der Waals surface area contributed by atoms with E-state index >= 15 is 0 Å². The minimum Gasteiger partial charge on any atom is -0.380 e. The van der Waals surface area contributed by atoms with E-state index in [1.807, 2.05) is 0 Å². The second kappa shape index (κ2) is 18.8. The Morgan fingerprint density at radius 1 is 0.677 bits per heavy atom. The number of likely N-dealkylation sites (N-methyl/N-ethyl adjacent to an activating group) is 3. The third-order valence-corrected chi connectivity index (χ3v) is 6.35. The summed E-state index contributed by atoms with van der Waals surface area (Å²) in [5.41, 5.74) is 0. The van der Waals surface area contributed by atoms with Gasteiger partial charge >= 0.3 is 0 Å². The van der Waals surface area contributed by atoms with E-state index < -0.39 is 0 Å². The summed E-state index contributed by atoms with van der Waals surface area (Å²) in [6.07, 6.45) is 4.87. The SMILES string of the molecule is CCCCCCOCCNC(=O)CN1CCN(CC)CCN(CC)CCN(CC)CC1. The number of carbonyl (C=O) groups is 1. The molecular weight excluding hydrogens is 390 g/mol. The lowest BCUT2D eigenvalue weighted by atomic mass is 10.2. The molecule has 1 rings (SSSR count). The molecule has 1 heterocycles. The normalized spacial score (nSPS) is 19.1. The summed E-state index contributed by atoms with van der Waals surface area (Å²) >= 11 is 0. The van der Waals surface area contributed by atoms with Gasteiger partial charge in [-0.1, -0.05) is 47.0 Å². The lowest BCUT2D eigenvalue weighted by molar-refractivity contribution is -0.122. The first-order valence-corrected chi connectivity index (χ1v) is 12.9. The predicted octanol–water partition coefficient (Wildman–Crippen LogP) is 1.98. The van der Waals surface area contributed by atoms with Crippen LogP contribution in [-0.2, 0) is 9.53 Å². The number of ether oxygens (including phenoxy) is 1. The second-order valence-corrected chi connectivity index (χ2v) is 8.60. The zero-order chi connectivity index (χ0) is 22.7. The molecule has 31 heavy (non-hydrogen) atoms. The lowest BCUT2D eigenvalue weighted by Gasteiger charge is -2.33. The number of hydrogen-bond donors (Lipinski definition) is 1. The van der Waals surface area contributed by atoms with Crippen molar-refractivity contribution >= 4 is 5.91 Å². The molecule has 0 bridgehead atoms. The van der Waals surface area contributed by atoms with Crippen molar-refractivity contribution in [3.05, 3.63) is 0 Å². The van der Waals surface area contributed by atoms with Crippen molar-refractivity contribution in [3.63, 3.8) is 0 Å². The molecule has 0 aromatic rings. The number of hydrogen-bond acceptors (Lipinski definition) is 6. The van der Waals surface area contributed by atoms with Gasteiger partial charge in [0.1, 0.15) is 0 Å². The molecule has 0 atom stereocenters. The average molecular weight is 442 g/mol. The van der Waals surface area contributed by atoms with Crippen LogP contribution < -0.4 is 5.32 Å². The maximum absolute atomic E-state index is 12.5. The highest BCUT2D eigenvalue weighted by molar-refractivity contribution is 5.77. The minimum atomic E-state index is 0.116. The molecule has 1 aliphatic heterocycles. The van der Waals surface area contributed by atoms with Crippen LogP contribution in [0.5, 0.6) is 0 Å². The molecule has 7 heteroatoms. The quantitative estimate of drug-likeness (QED) is 0.441. The molecule has 0 radical (unpaired) electrons. The van der Waals surface area contributed by atoms with E-state index in [2.05, 4.69) is 52.6 Å². The Kier molecular flexibility index (Phi) is 17.2. The van der Waals surface area contributed by atoms with Crippen LogP contribution in [0.25, 0.3) is 0 Å². The monoisotopic (exact) mass is 441 g/mol. The molecule has 0 saturated carbocycles. The van der Waals surface area contributed by atoms with Crippen LogP contribution in [0.2, 0.25) is 0 Å². The summed E-state index contributed by atoms with van der Waals surface area (Å²) in [4.78, 5) is 22.4.